The Kier molecular flexibility index (Phi) is 9.07. The van der Waals surface area contributed by atoms with E-state index in [1.54, 1.807) is 24.3 Å². The van der Waals surface area contributed by atoms with Crippen LogP contribution in [0.25, 0.3) is 10.9 Å². The summed E-state index contributed by atoms with van der Waals surface area (Å²) in [5, 5.41) is 22.1. The zero-order valence-corrected chi connectivity index (χ0v) is 27.0. The lowest BCUT2D eigenvalue weighted by molar-refractivity contribution is 0.0363. The summed E-state index contributed by atoms with van der Waals surface area (Å²) in [6, 6.07) is 30.6. The van der Waals surface area contributed by atoms with Crippen LogP contribution in [0.15, 0.2) is 97.1 Å². The van der Waals surface area contributed by atoms with Gasteiger partial charge in [-0.15, -0.1) is 0 Å². The Bertz CT molecular complexity index is 1800. The highest BCUT2D eigenvalue weighted by atomic mass is 35.5. The number of benzene rings is 4. The first-order valence-electron chi connectivity index (χ1n) is 16.3. The van der Waals surface area contributed by atoms with Gasteiger partial charge >= 0.3 is 0 Å². The molecule has 2 aliphatic heterocycles. The third-order valence-electron chi connectivity index (χ3n) is 9.46. The fraction of sp³-hybridized carbons (Fsp3) is 0.289. The predicted molar refractivity (Wildman–Crippen MR) is 186 cm³/mol. The van der Waals surface area contributed by atoms with E-state index in [2.05, 4.69) is 26.5 Å². The fourth-order valence-corrected chi connectivity index (χ4v) is 7.27. The predicted octanol–water partition coefficient (Wildman–Crippen LogP) is 6.18. The van der Waals surface area contributed by atoms with E-state index in [4.69, 9.17) is 16.3 Å². The molecule has 2 aliphatic rings. The molecule has 242 valence electrons. The molecule has 9 heteroatoms. The SMILES string of the molecule is O=C(c1c(C(c2ccc(O)cc2)c2ccc(O)cc2)c2ccccc2n1CCN1CCOCC1)N1CCN(c2ccccc2Cl)CC1. The molecule has 0 saturated carbocycles. The number of rotatable bonds is 8. The van der Waals surface area contributed by atoms with Crippen LogP contribution < -0.4 is 4.90 Å². The Labute approximate surface area is 280 Å². The van der Waals surface area contributed by atoms with E-state index in [9.17, 15) is 15.0 Å². The van der Waals surface area contributed by atoms with Gasteiger partial charge in [0.1, 0.15) is 17.2 Å². The van der Waals surface area contributed by atoms with Crippen LogP contribution in [0.2, 0.25) is 5.02 Å². The number of phenols is 2. The average molecular weight is 651 g/mol. The number of anilines is 1. The number of amides is 1. The first-order valence-corrected chi connectivity index (χ1v) is 16.6. The number of piperazine rings is 1. The molecule has 47 heavy (non-hydrogen) atoms. The van der Waals surface area contributed by atoms with Gasteiger partial charge in [0.25, 0.3) is 5.91 Å². The Morgan fingerprint density at radius 2 is 1.32 bits per heavy atom. The summed E-state index contributed by atoms with van der Waals surface area (Å²) < 4.78 is 7.82. The number of carbonyl (C=O) groups excluding carboxylic acids is 1. The molecule has 7 rings (SSSR count). The lowest BCUT2D eigenvalue weighted by atomic mass is 9.83. The number of nitrogens with zero attached hydrogens (tertiary/aromatic N) is 4. The van der Waals surface area contributed by atoms with Crippen molar-refractivity contribution in [1.82, 2.24) is 14.4 Å². The molecule has 2 fully saturated rings. The summed E-state index contributed by atoms with van der Waals surface area (Å²) in [4.78, 5) is 21.6. The number of phenolic OH excluding ortho intramolecular Hbond substituents is 2. The first-order chi connectivity index (χ1) is 23.0. The second-order valence-electron chi connectivity index (χ2n) is 12.2. The molecule has 0 bridgehead atoms. The van der Waals surface area contributed by atoms with Gasteiger partial charge in [0, 0.05) is 74.7 Å². The third-order valence-corrected chi connectivity index (χ3v) is 9.78. The van der Waals surface area contributed by atoms with Crippen molar-refractivity contribution in [2.45, 2.75) is 12.5 Å². The zero-order valence-electron chi connectivity index (χ0n) is 26.3. The molecule has 0 atom stereocenters. The van der Waals surface area contributed by atoms with E-state index in [0.29, 0.717) is 56.7 Å². The van der Waals surface area contributed by atoms with Gasteiger partial charge in [-0.25, -0.2) is 0 Å². The number of aromatic hydroxyl groups is 2. The highest BCUT2D eigenvalue weighted by Crippen LogP contribution is 2.41. The summed E-state index contributed by atoms with van der Waals surface area (Å²) in [6.45, 7) is 7.09. The summed E-state index contributed by atoms with van der Waals surface area (Å²) >= 11 is 6.54. The minimum Gasteiger partial charge on any atom is -0.508 e. The number of halogens is 1. The molecule has 2 saturated heterocycles. The smallest absolute Gasteiger partial charge is 0.270 e. The topological polar surface area (TPSA) is 81.4 Å². The summed E-state index contributed by atoms with van der Waals surface area (Å²) in [6.07, 6.45) is 0. The summed E-state index contributed by atoms with van der Waals surface area (Å²) in [5.41, 5.74) is 5.50. The van der Waals surface area contributed by atoms with Gasteiger partial charge in [0.2, 0.25) is 0 Å². The van der Waals surface area contributed by atoms with Crippen molar-refractivity contribution >= 4 is 34.1 Å². The molecule has 0 radical (unpaired) electrons. The van der Waals surface area contributed by atoms with E-state index >= 15 is 0 Å². The molecule has 1 amide bonds. The average Bonchev–Trinajstić information content (AvgIpc) is 3.43. The largest absolute Gasteiger partial charge is 0.508 e. The highest BCUT2D eigenvalue weighted by molar-refractivity contribution is 6.33. The molecule has 0 aliphatic carbocycles. The van der Waals surface area contributed by atoms with Gasteiger partial charge in [0.15, 0.2) is 0 Å². The molecule has 5 aromatic rings. The van der Waals surface area contributed by atoms with Crippen LogP contribution in [0.1, 0.15) is 33.1 Å². The molecule has 3 heterocycles. The van der Waals surface area contributed by atoms with Gasteiger partial charge in [-0.2, -0.15) is 0 Å². The Morgan fingerprint density at radius 1 is 0.723 bits per heavy atom. The van der Waals surface area contributed by atoms with Crippen LogP contribution >= 0.6 is 11.6 Å². The second kappa shape index (κ2) is 13.7. The third kappa shape index (κ3) is 6.41. The van der Waals surface area contributed by atoms with Gasteiger partial charge in [0.05, 0.1) is 23.9 Å². The molecule has 0 unspecified atom stereocenters. The number of aromatic nitrogens is 1. The number of hydrogen-bond acceptors (Lipinski definition) is 6. The number of hydrogen-bond donors (Lipinski definition) is 2. The molecular formula is C38H39ClN4O4. The van der Waals surface area contributed by atoms with Crippen LogP contribution in [0.4, 0.5) is 5.69 Å². The van der Waals surface area contributed by atoms with E-state index < -0.39 is 0 Å². The van der Waals surface area contributed by atoms with Crippen LogP contribution in [0.3, 0.4) is 0 Å². The Morgan fingerprint density at radius 3 is 1.96 bits per heavy atom. The van der Waals surface area contributed by atoms with E-state index in [0.717, 1.165) is 52.9 Å². The maximum atomic E-state index is 15.0. The standard InChI is InChI=1S/C38H39ClN4O4/c39-32-6-2-4-8-34(32)41-18-20-42(21-19-41)38(46)37-36(35(27-9-13-29(44)14-10-27)28-11-15-30(45)16-12-28)31-5-1-3-7-33(31)43(37)22-17-40-23-25-47-26-24-40/h1-16,35,44-45H,17-26H2. The first kappa shape index (κ1) is 31.1. The molecule has 0 spiro atoms. The monoisotopic (exact) mass is 650 g/mol. The van der Waals surface area contributed by atoms with Gasteiger partial charge in [-0.05, 0) is 53.6 Å². The fourth-order valence-electron chi connectivity index (χ4n) is 7.02. The van der Waals surface area contributed by atoms with Crippen LogP contribution in [0, 0.1) is 0 Å². The summed E-state index contributed by atoms with van der Waals surface area (Å²) in [5.74, 6) is 0.0336. The molecule has 1 aromatic heterocycles. The lowest BCUT2D eigenvalue weighted by Crippen LogP contribution is -2.49. The zero-order chi connectivity index (χ0) is 32.3. The maximum absolute atomic E-state index is 15.0. The minimum absolute atomic E-state index is 0.000423. The number of fused-ring (bicyclic) bond motifs is 1. The normalized spacial score (nSPS) is 15.9. The Balaban J connectivity index is 1.34. The van der Waals surface area contributed by atoms with Crippen molar-refractivity contribution in [2.24, 2.45) is 0 Å². The molecule has 8 nitrogen and oxygen atoms in total. The van der Waals surface area contributed by atoms with E-state index in [-0.39, 0.29) is 23.3 Å². The van der Waals surface area contributed by atoms with E-state index in [1.165, 1.54) is 0 Å². The van der Waals surface area contributed by atoms with Gasteiger partial charge in [-0.1, -0.05) is 66.2 Å². The van der Waals surface area contributed by atoms with Crippen LogP contribution in [0.5, 0.6) is 11.5 Å². The minimum atomic E-state index is -0.325. The van der Waals surface area contributed by atoms with Crippen molar-refractivity contribution in [2.75, 3.05) is 63.9 Å². The number of morpholine rings is 1. The summed E-state index contributed by atoms with van der Waals surface area (Å²) in [7, 11) is 0. The number of carbonyl (C=O) groups is 1. The van der Waals surface area contributed by atoms with Crippen molar-refractivity contribution in [3.05, 3.63) is 124 Å². The van der Waals surface area contributed by atoms with Crippen molar-refractivity contribution in [3.63, 3.8) is 0 Å². The molecular weight excluding hydrogens is 612 g/mol. The number of para-hydroxylation sites is 2. The maximum Gasteiger partial charge on any atom is 0.270 e. The quantitative estimate of drug-likeness (QED) is 0.209. The lowest BCUT2D eigenvalue weighted by Gasteiger charge is -2.37. The van der Waals surface area contributed by atoms with Crippen LogP contribution in [-0.4, -0.2) is 89.5 Å². The second-order valence-corrected chi connectivity index (χ2v) is 12.6. The van der Waals surface area contributed by atoms with Crippen molar-refractivity contribution in [1.29, 1.82) is 0 Å². The molecule has 4 aromatic carbocycles. The van der Waals surface area contributed by atoms with E-state index in [1.807, 2.05) is 65.6 Å². The van der Waals surface area contributed by atoms with Crippen molar-refractivity contribution < 1.29 is 19.7 Å². The highest BCUT2D eigenvalue weighted by Gasteiger charge is 2.34. The Hall–Kier alpha value is -4.50. The van der Waals surface area contributed by atoms with Gasteiger partial charge < -0.3 is 29.3 Å². The molecule has 2 N–H and O–H groups in total. The number of ether oxygens (including phenoxy) is 1. The van der Waals surface area contributed by atoms with Crippen molar-refractivity contribution in [3.8, 4) is 11.5 Å². The van der Waals surface area contributed by atoms with Crippen LogP contribution in [-0.2, 0) is 11.3 Å². The van der Waals surface area contributed by atoms with Gasteiger partial charge in [-0.3, -0.25) is 9.69 Å².